The first-order chi connectivity index (χ1) is 7.03. The van der Waals surface area contributed by atoms with E-state index in [-0.39, 0.29) is 5.60 Å². The van der Waals surface area contributed by atoms with Gasteiger partial charge in [-0.1, -0.05) is 0 Å². The van der Waals surface area contributed by atoms with E-state index < -0.39 is 0 Å². The molecule has 0 saturated heterocycles. The quantitative estimate of drug-likeness (QED) is 0.563. The molecule has 0 amide bonds. The summed E-state index contributed by atoms with van der Waals surface area (Å²) in [6.45, 7) is 6.39. The topological polar surface area (TPSA) is 21.3 Å². The molecule has 0 radical (unpaired) electrons. The van der Waals surface area contributed by atoms with Crippen LogP contribution in [0.3, 0.4) is 0 Å². The van der Waals surface area contributed by atoms with Crippen molar-refractivity contribution in [3.05, 3.63) is 0 Å². The average molecular weight is 234 g/mol. The molecule has 2 unspecified atom stereocenters. The molecule has 0 heterocycles. The van der Waals surface area contributed by atoms with Crippen LogP contribution in [-0.4, -0.2) is 31.2 Å². The molecule has 0 aromatic carbocycles. The Morgan fingerprint density at radius 3 is 2.67 bits per heavy atom. The lowest BCUT2D eigenvalue weighted by Gasteiger charge is -2.23. The van der Waals surface area contributed by atoms with Crippen molar-refractivity contribution in [2.45, 2.75) is 50.5 Å². The van der Waals surface area contributed by atoms with E-state index in [0.29, 0.717) is 5.38 Å². The van der Waals surface area contributed by atoms with Crippen molar-refractivity contribution in [1.29, 1.82) is 0 Å². The van der Waals surface area contributed by atoms with Crippen molar-refractivity contribution >= 4 is 11.6 Å². The fourth-order valence-corrected chi connectivity index (χ4v) is 2.37. The van der Waals surface area contributed by atoms with Crippen LogP contribution in [0.5, 0.6) is 0 Å². The summed E-state index contributed by atoms with van der Waals surface area (Å²) in [5.74, 6) is 0.790. The van der Waals surface area contributed by atoms with Crippen LogP contribution in [0.25, 0.3) is 0 Å². The van der Waals surface area contributed by atoms with Crippen LogP contribution in [0.1, 0.15) is 39.5 Å². The Kier molecular flexibility index (Phi) is 5.37. The molecule has 1 aliphatic carbocycles. The summed E-state index contributed by atoms with van der Waals surface area (Å²) in [4.78, 5) is 0. The van der Waals surface area contributed by atoms with Crippen molar-refractivity contribution < 1.29 is 4.74 Å². The smallest absolute Gasteiger partial charge is 0.0634 e. The Morgan fingerprint density at radius 2 is 2.13 bits per heavy atom. The van der Waals surface area contributed by atoms with Gasteiger partial charge in [0.05, 0.1) is 5.60 Å². The highest BCUT2D eigenvalue weighted by atomic mass is 35.5. The molecule has 0 spiro atoms. The van der Waals surface area contributed by atoms with Crippen LogP contribution in [0.4, 0.5) is 0 Å². The number of rotatable bonds is 6. The summed E-state index contributed by atoms with van der Waals surface area (Å²) < 4.78 is 5.37. The van der Waals surface area contributed by atoms with Crippen LogP contribution >= 0.6 is 11.6 Å². The average Bonchev–Trinajstić information content (AvgIpc) is 2.59. The molecular formula is C12H24ClNO. The van der Waals surface area contributed by atoms with E-state index in [1.54, 1.807) is 7.11 Å². The van der Waals surface area contributed by atoms with Gasteiger partial charge in [0.25, 0.3) is 0 Å². The van der Waals surface area contributed by atoms with Crippen LogP contribution in [0, 0.1) is 5.92 Å². The number of halogens is 1. The fourth-order valence-electron chi connectivity index (χ4n) is 2.00. The third-order valence-electron chi connectivity index (χ3n) is 3.37. The fraction of sp³-hybridized carbons (Fsp3) is 1.00. The monoisotopic (exact) mass is 233 g/mol. The standard InChI is InChI=1S/C12H24ClNO/c1-12(2,15-3)6-7-14-9-10-4-5-11(13)8-10/h10-11,14H,4-9H2,1-3H3. The van der Waals surface area contributed by atoms with Crippen LogP contribution in [0.15, 0.2) is 0 Å². The van der Waals surface area contributed by atoms with Crippen molar-refractivity contribution in [3.63, 3.8) is 0 Å². The van der Waals surface area contributed by atoms with E-state index in [9.17, 15) is 0 Å². The Hall–Kier alpha value is 0.210. The van der Waals surface area contributed by atoms with Gasteiger partial charge < -0.3 is 10.1 Å². The Balaban J connectivity index is 2.02. The van der Waals surface area contributed by atoms with Crippen molar-refractivity contribution in [2.24, 2.45) is 5.92 Å². The zero-order valence-corrected chi connectivity index (χ0v) is 10.9. The first kappa shape index (κ1) is 13.3. The summed E-state index contributed by atoms with van der Waals surface area (Å²) in [5, 5.41) is 3.92. The summed E-state index contributed by atoms with van der Waals surface area (Å²) in [5.41, 5.74) is -0.00229. The first-order valence-electron chi connectivity index (χ1n) is 5.93. The highest BCUT2D eigenvalue weighted by Crippen LogP contribution is 2.28. The molecule has 2 atom stereocenters. The van der Waals surface area contributed by atoms with E-state index >= 15 is 0 Å². The van der Waals surface area contributed by atoms with Gasteiger partial charge in [-0.05, 0) is 58.5 Å². The van der Waals surface area contributed by atoms with Gasteiger partial charge in [0.1, 0.15) is 0 Å². The molecule has 0 bridgehead atoms. The predicted molar refractivity (Wildman–Crippen MR) is 65.6 cm³/mol. The molecule has 3 heteroatoms. The second kappa shape index (κ2) is 6.07. The molecule has 1 N–H and O–H groups in total. The van der Waals surface area contributed by atoms with Crippen molar-refractivity contribution in [2.75, 3.05) is 20.2 Å². The highest BCUT2D eigenvalue weighted by molar-refractivity contribution is 6.20. The van der Waals surface area contributed by atoms with E-state index in [1.165, 1.54) is 19.3 Å². The summed E-state index contributed by atoms with van der Waals surface area (Å²) in [7, 11) is 1.77. The molecule has 2 nitrogen and oxygen atoms in total. The third-order valence-corrected chi connectivity index (χ3v) is 3.76. The van der Waals surface area contributed by atoms with Crippen LogP contribution in [-0.2, 0) is 4.74 Å². The Bertz CT molecular complexity index is 184. The number of hydrogen-bond acceptors (Lipinski definition) is 2. The van der Waals surface area contributed by atoms with Gasteiger partial charge in [0.15, 0.2) is 0 Å². The normalized spacial score (nSPS) is 27.2. The minimum Gasteiger partial charge on any atom is -0.379 e. The number of methoxy groups -OCH3 is 1. The molecule has 1 aliphatic rings. The second-order valence-electron chi connectivity index (χ2n) is 5.19. The summed E-state index contributed by atoms with van der Waals surface area (Å²) >= 11 is 6.07. The molecule has 1 fully saturated rings. The van der Waals surface area contributed by atoms with E-state index in [4.69, 9.17) is 16.3 Å². The summed E-state index contributed by atoms with van der Waals surface area (Å²) in [6.07, 6.45) is 4.72. The number of ether oxygens (including phenoxy) is 1. The minimum atomic E-state index is -0.00229. The minimum absolute atomic E-state index is 0.00229. The van der Waals surface area contributed by atoms with Gasteiger partial charge in [-0.2, -0.15) is 0 Å². The van der Waals surface area contributed by atoms with Crippen molar-refractivity contribution in [1.82, 2.24) is 5.32 Å². The highest BCUT2D eigenvalue weighted by Gasteiger charge is 2.22. The zero-order valence-electron chi connectivity index (χ0n) is 10.2. The van der Waals surface area contributed by atoms with Gasteiger partial charge in [-0.15, -0.1) is 11.6 Å². The molecular weight excluding hydrogens is 210 g/mol. The SMILES string of the molecule is COC(C)(C)CCNCC1CCC(Cl)C1. The maximum absolute atomic E-state index is 6.07. The zero-order chi connectivity index (χ0) is 11.3. The largest absolute Gasteiger partial charge is 0.379 e. The summed E-state index contributed by atoms with van der Waals surface area (Å²) in [6, 6.07) is 0. The van der Waals surface area contributed by atoms with Gasteiger partial charge in [0, 0.05) is 12.5 Å². The first-order valence-corrected chi connectivity index (χ1v) is 6.37. The van der Waals surface area contributed by atoms with Gasteiger partial charge in [0.2, 0.25) is 0 Å². The van der Waals surface area contributed by atoms with Gasteiger partial charge in [-0.25, -0.2) is 0 Å². The van der Waals surface area contributed by atoms with Crippen LogP contribution < -0.4 is 5.32 Å². The van der Waals surface area contributed by atoms with E-state index in [0.717, 1.165) is 25.4 Å². The number of alkyl halides is 1. The lowest BCUT2D eigenvalue weighted by Crippen LogP contribution is -2.31. The maximum Gasteiger partial charge on any atom is 0.0634 e. The van der Waals surface area contributed by atoms with Gasteiger partial charge in [-0.3, -0.25) is 0 Å². The number of hydrogen-bond donors (Lipinski definition) is 1. The Labute approximate surface area is 98.7 Å². The second-order valence-corrected chi connectivity index (χ2v) is 5.81. The maximum atomic E-state index is 6.07. The molecule has 1 rings (SSSR count). The third kappa shape index (κ3) is 5.19. The molecule has 0 aromatic heterocycles. The van der Waals surface area contributed by atoms with Crippen molar-refractivity contribution in [3.8, 4) is 0 Å². The molecule has 0 aromatic rings. The molecule has 90 valence electrons. The molecule has 1 saturated carbocycles. The van der Waals surface area contributed by atoms with E-state index in [1.807, 2.05) is 0 Å². The number of nitrogens with one attached hydrogen (secondary N) is 1. The van der Waals surface area contributed by atoms with Crippen LogP contribution in [0.2, 0.25) is 0 Å². The molecule has 15 heavy (non-hydrogen) atoms. The lowest BCUT2D eigenvalue weighted by atomic mass is 10.0. The van der Waals surface area contributed by atoms with E-state index in [2.05, 4.69) is 19.2 Å². The Morgan fingerprint density at radius 1 is 1.40 bits per heavy atom. The van der Waals surface area contributed by atoms with Gasteiger partial charge >= 0.3 is 0 Å². The predicted octanol–water partition coefficient (Wildman–Crippen LogP) is 2.80. The molecule has 0 aliphatic heterocycles. The lowest BCUT2D eigenvalue weighted by molar-refractivity contribution is 0.0157.